The Labute approximate surface area is 164 Å². The SMILES string of the molecule is CC(=O)N1CC(C)Sc2cc(S(=O)(=O)N3CCc4ccccc4C3)ccc21. The molecule has 0 aliphatic carbocycles. The van der Waals surface area contributed by atoms with E-state index < -0.39 is 10.0 Å². The molecule has 142 valence electrons. The summed E-state index contributed by atoms with van der Waals surface area (Å²) in [6.45, 7) is 5.12. The molecule has 5 nitrogen and oxygen atoms in total. The van der Waals surface area contributed by atoms with Gasteiger partial charge in [-0.1, -0.05) is 31.2 Å². The van der Waals surface area contributed by atoms with Gasteiger partial charge in [0.15, 0.2) is 0 Å². The van der Waals surface area contributed by atoms with E-state index in [1.807, 2.05) is 25.1 Å². The second-order valence-corrected chi connectivity index (χ2v) is 10.5. The molecule has 1 amide bonds. The first-order valence-electron chi connectivity index (χ1n) is 9.02. The predicted octanol–water partition coefficient (Wildman–Crippen LogP) is 3.28. The molecule has 0 spiro atoms. The summed E-state index contributed by atoms with van der Waals surface area (Å²) in [5.74, 6) is -0.0216. The van der Waals surface area contributed by atoms with Crippen molar-refractivity contribution in [3.8, 4) is 0 Å². The second-order valence-electron chi connectivity index (χ2n) is 7.04. The van der Waals surface area contributed by atoms with Crippen LogP contribution >= 0.6 is 11.8 Å². The summed E-state index contributed by atoms with van der Waals surface area (Å²) in [6, 6.07) is 13.1. The molecule has 27 heavy (non-hydrogen) atoms. The average molecular weight is 403 g/mol. The molecule has 0 saturated heterocycles. The number of fused-ring (bicyclic) bond motifs is 2. The first kappa shape index (κ1) is 18.5. The van der Waals surface area contributed by atoms with Crippen molar-refractivity contribution in [1.29, 1.82) is 0 Å². The van der Waals surface area contributed by atoms with Gasteiger partial charge in [0.05, 0.1) is 10.6 Å². The van der Waals surface area contributed by atoms with Crippen molar-refractivity contribution in [1.82, 2.24) is 4.31 Å². The lowest BCUT2D eigenvalue weighted by atomic mass is 10.0. The lowest BCUT2D eigenvalue weighted by Gasteiger charge is -2.33. The van der Waals surface area contributed by atoms with E-state index in [0.717, 1.165) is 22.6 Å². The molecule has 1 unspecified atom stereocenters. The Morgan fingerprint density at radius 2 is 1.89 bits per heavy atom. The van der Waals surface area contributed by atoms with Crippen molar-refractivity contribution >= 4 is 33.4 Å². The first-order valence-corrected chi connectivity index (χ1v) is 11.3. The fourth-order valence-corrected chi connectivity index (χ4v) is 6.38. The molecule has 2 aromatic rings. The summed E-state index contributed by atoms with van der Waals surface area (Å²) in [5.41, 5.74) is 3.08. The fourth-order valence-electron chi connectivity index (χ4n) is 3.70. The van der Waals surface area contributed by atoms with Crippen LogP contribution in [-0.4, -0.2) is 37.0 Å². The van der Waals surface area contributed by atoms with Gasteiger partial charge in [-0.2, -0.15) is 4.31 Å². The number of anilines is 1. The summed E-state index contributed by atoms with van der Waals surface area (Å²) >= 11 is 1.62. The summed E-state index contributed by atoms with van der Waals surface area (Å²) < 4.78 is 28.0. The number of benzene rings is 2. The van der Waals surface area contributed by atoms with Gasteiger partial charge in [0.1, 0.15) is 0 Å². The highest BCUT2D eigenvalue weighted by atomic mass is 32.2. The minimum Gasteiger partial charge on any atom is -0.310 e. The van der Waals surface area contributed by atoms with E-state index in [1.165, 1.54) is 5.56 Å². The third-order valence-electron chi connectivity index (χ3n) is 5.10. The van der Waals surface area contributed by atoms with Crippen molar-refractivity contribution in [3.63, 3.8) is 0 Å². The maximum atomic E-state index is 13.2. The van der Waals surface area contributed by atoms with E-state index in [4.69, 9.17) is 0 Å². The number of amides is 1. The van der Waals surface area contributed by atoms with Crippen molar-refractivity contribution in [2.75, 3.05) is 18.0 Å². The van der Waals surface area contributed by atoms with Gasteiger partial charge in [-0.3, -0.25) is 4.79 Å². The highest BCUT2D eigenvalue weighted by Gasteiger charge is 2.31. The van der Waals surface area contributed by atoms with Crippen LogP contribution in [-0.2, 0) is 27.8 Å². The Balaban J connectivity index is 1.67. The first-order chi connectivity index (χ1) is 12.9. The summed E-state index contributed by atoms with van der Waals surface area (Å²) in [7, 11) is -3.58. The molecule has 0 radical (unpaired) electrons. The van der Waals surface area contributed by atoms with Gasteiger partial charge in [-0.05, 0) is 35.7 Å². The van der Waals surface area contributed by atoms with Gasteiger partial charge in [-0.15, -0.1) is 11.8 Å². The second kappa shape index (κ2) is 6.96. The molecule has 4 rings (SSSR count). The molecular weight excluding hydrogens is 380 g/mol. The Morgan fingerprint density at radius 3 is 2.63 bits per heavy atom. The molecule has 0 saturated carbocycles. The number of rotatable bonds is 2. The van der Waals surface area contributed by atoms with Crippen molar-refractivity contribution in [3.05, 3.63) is 53.6 Å². The third kappa shape index (κ3) is 3.39. The van der Waals surface area contributed by atoms with E-state index in [-0.39, 0.29) is 11.2 Å². The average Bonchev–Trinajstić information content (AvgIpc) is 2.66. The van der Waals surface area contributed by atoms with Gasteiger partial charge in [0.2, 0.25) is 15.9 Å². The van der Waals surface area contributed by atoms with Crippen LogP contribution in [0.5, 0.6) is 0 Å². The lowest BCUT2D eigenvalue weighted by Crippen LogP contribution is -2.38. The highest BCUT2D eigenvalue weighted by molar-refractivity contribution is 8.00. The number of thioether (sulfide) groups is 1. The van der Waals surface area contributed by atoms with Crippen LogP contribution in [0.4, 0.5) is 5.69 Å². The van der Waals surface area contributed by atoms with Gasteiger partial charge in [0, 0.05) is 36.7 Å². The molecule has 2 aliphatic rings. The molecule has 0 aromatic heterocycles. The lowest BCUT2D eigenvalue weighted by molar-refractivity contribution is -0.116. The fraction of sp³-hybridized carbons (Fsp3) is 0.350. The molecule has 2 aliphatic heterocycles. The molecule has 2 heterocycles. The summed E-state index contributed by atoms with van der Waals surface area (Å²) in [6.07, 6.45) is 0.726. The van der Waals surface area contributed by atoms with Crippen LogP contribution in [0.25, 0.3) is 0 Å². The number of nitrogens with zero attached hydrogens (tertiary/aromatic N) is 2. The minimum atomic E-state index is -3.58. The van der Waals surface area contributed by atoms with Crippen LogP contribution < -0.4 is 4.90 Å². The quantitative estimate of drug-likeness (QED) is 0.774. The van der Waals surface area contributed by atoms with E-state index >= 15 is 0 Å². The van der Waals surface area contributed by atoms with E-state index in [9.17, 15) is 13.2 Å². The van der Waals surface area contributed by atoms with Crippen LogP contribution in [0.1, 0.15) is 25.0 Å². The Hall–Kier alpha value is -1.83. The maximum Gasteiger partial charge on any atom is 0.243 e. The zero-order chi connectivity index (χ0) is 19.2. The number of sulfonamides is 1. The Bertz CT molecular complexity index is 1000. The molecule has 0 N–H and O–H groups in total. The van der Waals surface area contributed by atoms with E-state index in [1.54, 1.807) is 46.1 Å². The van der Waals surface area contributed by atoms with Crippen molar-refractivity contribution in [2.45, 2.75) is 41.9 Å². The number of carbonyl (C=O) groups excluding carboxylic acids is 1. The topological polar surface area (TPSA) is 57.7 Å². The molecule has 1 atom stereocenters. The summed E-state index contributed by atoms with van der Waals surface area (Å²) in [4.78, 5) is 14.8. The number of hydrogen-bond donors (Lipinski definition) is 0. The van der Waals surface area contributed by atoms with Gasteiger partial charge < -0.3 is 4.90 Å². The third-order valence-corrected chi connectivity index (χ3v) is 8.08. The smallest absolute Gasteiger partial charge is 0.243 e. The minimum absolute atomic E-state index is 0.0216. The van der Waals surface area contributed by atoms with Crippen LogP contribution in [0.2, 0.25) is 0 Å². The number of carbonyl (C=O) groups is 1. The standard InChI is InChI=1S/C20H22N2O3S2/c1-14-12-22(15(2)23)19-8-7-18(11-20(19)26-14)27(24,25)21-10-9-16-5-3-4-6-17(16)13-21/h3-8,11,14H,9-10,12-13H2,1-2H3. The Morgan fingerprint density at radius 1 is 1.15 bits per heavy atom. The largest absolute Gasteiger partial charge is 0.310 e. The monoisotopic (exact) mass is 402 g/mol. The normalized spacial score (nSPS) is 20.1. The molecule has 2 aromatic carbocycles. The van der Waals surface area contributed by atoms with Gasteiger partial charge >= 0.3 is 0 Å². The molecule has 0 fully saturated rings. The van der Waals surface area contributed by atoms with Crippen molar-refractivity contribution < 1.29 is 13.2 Å². The molecular formula is C20H22N2O3S2. The van der Waals surface area contributed by atoms with Crippen LogP contribution in [0.3, 0.4) is 0 Å². The number of hydrogen-bond acceptors (Lipinski definition) is 4. The van der Waals surface area contributed by atoms with E-state index in [0.29, 0.717) is 24.5 Å². The van der Waals surface area contributed by atoms with Crippen LogP contribution in [0, 0.1) is 0 Å². The van der Waals surface area contributed by atoms with Crippen LogP contribution in [0.15, 0.2) is 52.3 Å². The zero-order valence-electron chi connectivity index (χ0n) is 15.4. The Kier molecular flexibility index (Phi) is 4.78. The van der Waals surface area contributed by atoms with Crippen molar-refractivity contribution in [2.24, 2.45) is 0 Å². The summed E-state index contributed by atoms with van der Waals surface area (Å²) in [5, 5.41) is 0.223. The molecule has 7 heteroatoms. The van der Waals surface area contributed by atoms with Gasteiger partial charge in [-0.25, -0.2) is 8.42 Å². The van der Waals surface area contributed by atoms with Gasteiger partial charge in [0.25, 0.3) is 0 Å². The maximum absolute atomic E-state index is 13.2. The highest BCUT2D eigenvalue weighted by Crippen LogP contribution is 2.40. The zero-order valence-corrected chi connectivity index (χ0v) is 17.0. The molecule has 0 bridgehead atoms. The predicted molar refractivity (Wildman–Crippen MR) is 108 cm³/mol. The van der Waals surface area contributed by atoms with E-state index in [2.05, 4.69) is 6.07 Å².